The van der Waals surface area contributed by atoms with Crippen LogP contribution in [0.1, 0.15) is 19.4 Å². The Hall–Kier alpha value is -1.44. The number of hydrogen-bond acceptors (Lipinski definition) is 2. The SMILES string of the molecule is CC(=O)/C(C)=N\c1ccccc1C. The molecule has 0 aliphatic heterocycles. The summed E-state index contributed by atoms with van der Waals surface area (Å²) in [4.78, 5) is 15.2. The van der Waals surface area contributed by atoms with Crippen molar-refractivity contribution >= 4 is 17.2 Å². The van der Waals surface area contributed by atoms with E-state index in [1.54, 1.807) is 6.92 Å². The van der Waals surface area contributed by atoms with E-state index in [1.165, 1.54) is 6.92 Å². The van der Waals surface area contributed by atoms with Gasteiger partial charge in [-0.3, -0.25) is 4.79 Å². The number of ketones is 1. The van der Waals surface area contributed by atoms with E-state index in [0.29, 0.717) is 5.71 Å². The van der Waals surface area contributed by atoms with Gasteiger partial charge in [0.1, 0.15) is 0 Å². The number of hydrogen-bond donors (Lipinski definition) is 0. The van der Waals surface area contributed by atoms with Crippen molar-refractivity contribution in [1.29, 1.82) is 0 Å². The summed E-state index contributed by atoms with van der Waals surface area (Å²) in [5.41, 5.74) is 2.51. The second-order valence-electron chi connectivity index (χ2n) is 3.04. The van der Waals surface area contributed by atoms with Gasteiger partial charge in [0.2, 0.25) is 0 Å². The summed E-state index contributed by atoms with van der Waals surface area (Å²) in [6.07, 6.45) is 0. The Labute approximate surface area is 78.3 Å². The monoisotopic (exact) mass is 175 g/mol. The number of nitrogens with zero attached hydrogens (tertiary/aromatic N) is 1. The maximum Gasteiger partial charge on any atom is 0.173 e. The van der Waals surface area contributed by atoms with Crippen LogP contribution >= 0.6 is 0 Å². The maximum absolute atomic E-state index is 10.9. The van der Waals surface area contributed by atoms with Crippen LogP contribution in [0.2, 0.25) is 0 Å². The molecule has 0 radical (unpaired) electrons. The Balaban J connectivity index is 3.04. The molecule has 2 heteroatoms. The molecular weight excluding hydrogens is 162 g/mol. The fourth-order valence-corrected chi connectivity index (χ4v) is 0.948. The van der Waals surface area contributed by atoms with Crippen molar-refractivity contribution in [3.8, 4) is 0 Å². The van der Waals surface area contributed by atoms with E-state index < -0.39 is 0 Å². The van der Waals surface area contributed by atoms with Gasteiger partial charge in [0.15, 0.2) is 5.78 Å². The minimum Gasteiger partial charge on any atom is -0.293 e. The van der Waals surface area contributed by atoms with Crippen LogP contribution in [0, 0.1) is 6.92 Å². The molecule has 0 bridgehead atoms. The second kappa shape index (κ2) is 3.99. The molecule has 0 spiro atoms. The van der Waals surface area contributed by atoms with Gasteiger partial charge in [0.05, 0.1) is 11.4 Å². The molecule has 0 saturated heterocycles. The molecule has 0 aliphatic carbocycles. The van der Waals surface area contributed by atoms with Crippen molar-refractivity contribution in [2.24, 2.45) is 4.99 Å². The van der Waals surface area contributed by atoms with Crippen molar-refractivity contribution in [3.05, 3.63) is 29.8 Å². The molecule has 0 aromatic heterocycles. The number of carbonyl (C=O) groups is 1. The van der Waals surface area contributed by atoms with Gasteiger partial charge >= 0.3 is 0 Å². The predicted molar refractivity (Wildman–Crippen MR) is 54.6 cm³/mol. The topological polar surface area (TPSA) is 29.4 Å². The van der Waals surface area contributed by atoms with Crippen LogP contribution in [0.3, 0.4) is 0 Å². The Morgan fingerprint density at radius 1 is 1.23 bits per heavy atom. The molecule has 1 aromatic carbocycles. The minimum absolute atomic E-state index is 0.0169. The van der Waals surface area contributed by atoms with E-state index in [2.05, 4.69) is 4.99 Å². The van der Waals surface area contributed by atoms with Crippen LogP contribution in [0.25, 0.3) is 0 Å². The molecule has 13 heavy (non-hydrogen) atoms. The minimum atomic E-state index is 0.0169. The van der Waals surface area contributed by atoms with Gasteiger partial charge in [-0.15, -0.1) is 0 Å². The number of benzene rings is 1. The predicted octanol–water partition coefficient (Wildman–Crippen LogP) is 2.68. The number of Topliss-reactive ketones (excluding diaryl/α,β-unsaturated/α-hetero) is 1. The average molecular weight is 175 g/mol. The molecule has 0 saturated carbocycles. The molecule has 1 aromatic rings. The van der Waals surface area contributed by atoms with Gasteiger partial charge in [0.25, 0.3) is 0 Å². The normalized spacial score (nSPS) is 11.5. The highest BCUT2D eigenvalue weighted by molar-refractivity contribution is 6.38. The van der Waals surface area contributed by atoms with Crippen molar-refractivity contribution in [2.45, 2.75) is 20.8 Å². The van der Waals surface area contributed by atoms with Crippen LogP contribution < -0.4 is 0 Å². The Morgan fingerprint density at radius 3 is 2.38 bits per heavy atom. The lowest BCUT2D eigenvalue weighted by molar-refractivity contribution is -0.111. The first kappa shape index (κ1) is 9.65. The average Bonchev–Trinajstić information content (AvgIpc) is 2.08. The van der Waals surface area contributed by atoms with E-state index >= 15 is 0 Å². The van der Waals surface area contributed by atoms with Gasteiger partial charge in [0, 0.05) is 6.92 Å². The molecule has 0 aliphatic rings. The summed E-state index contributed by atoms with van der Waals surface area (Å²) in [6, 6.07) is 7.75. The van der Waals surface area contributed by atoms with Crippen molar-refractivity contribution in [3.63, 3.8) is 0 Å². The highest BCUT2D eigenvalue weighted by Crippen LogP contribution is 2.17. The zero-order valence-corrected chi connectivity index (χ0v) is 8.16. The quantitative estimate of drug-likeness (QED) is 0.635. The van der Waals surface area contributed by atoms with E-state index in [4.69, 9.17) is 0 Å². The number of aliphatic imine (C=N–C) groups is 1. The van der Waals surface area contributed by atoms with Crippen molar-refractivity contribution < 1.29 is 4.79 Å². The first-order valence-corrected chi connectivity index (χ1v) is 4.23. The van der Waals surface area contributed by atoms with E-state index in [9.17, 15) is 4.79 Å². The van der Waals surface area contributed by atoms with Gasteiger partial charge in [-0.1, -0.05) is 18.2 Å². The standard InChI is InChI=1S/C11H13NO/c1-8-6-4-5-7-11(8)12-9(2)10(3)13/h4-7H,1-3H3/b12-9-. The zero-order chi connectivity index (χ0) is 9.84. The highest BCUT2D eigenvalue weighted by atomic mass is 16.1. The first-order valence-electron chi connectivity index (χ1n) is 4.23. The lowest BCUT2D eigenvalue weighted by Gasteiger charge is -1.99. The van der Waals surface area contributed by atoms with Crippen LogP contribution in [-0.2, 0) is 4.79 Å². The summed E-state index contributed by atoms with van der Waals surface area (Å²) in [5.74, 6) is 0.0169. The molecule has 1 rings (SSSR count). The summed E-state index contributed by atoms with van der Waals surface area (Å²) in [7, 11) is 0. The third kappa shape index (κ3) is 2.51. The number of rotatable bonds is 2. The van der Waals surface area contributed by atoms with Gasteiger partial charge in [-0.25, -0.2) is 4.99 Å². The number of para-hydroxylation sites is 1. The molecule has 0 fully saturated rings. The van der Waals surface area contributed by atoms with E-state index in [-0.39, 0.29) is 5.78 Å². The molecular formula is C11H13NO. The molecule has 0 amide bonds. The Morgan fingerprint density at radius 2 is 1.85 bits per heavy atom. The lowest BCUT2D eigenvalue weighted by atomic mass is 10.2. The number of aryl methyl sites for hydroxylation is 1. The lowest BCUT2D eigenvalue weighted by Crippen LogP contribution is -2.03. The van der Waals surface area contributed by atoms with Crippen LogP contribution in [0.5, 0.6) is 0 Å². The van der Waals surface area contributed by atoms with Crippen LogP contribution in [-0.4, -0.2) is 11.5 Å². The molecule has 2 nitrogen and oxygen atoms in total. The third-order valence-corrected chi connectivity index (χ3v) is 1.91. The van der Waals surface area contributed by atoms with Gasteiger partial charge in [-0.05, 0) is 25.5 Å². The van der Waals surface area contributed by atoms with Crippen LogP contribution in [0.4, 0.5) is 5.69 Å². The van der Waals surface area contributed by atoms with Crippen molar-refractivity contribution in [1.82, 2.24) is 0 Å². The largest absolute Gasteiger partial charge is 0.293 e. The second-order valence-corrected chi connectivity index (χ2v) is 3.04. The Bertz CT molecular complexity index is 353. The Kier molecular flexibility index (Phi) is 2.96. The summed E-state index contributed by atoms with van der Waals surface area (Å²) in [6.45, 7) is 5.23. The van der Waals surface area contributed by atoms with E-state index in [0.717, 1.165) is 11.3 Å². The van der Waals surface area contributed by atoms with Gasteiger partial charge < -0.3 is 0 Å². The molecule has 0 N–H and O–H groups in total. The maximum atomic E-state index is 10.9. The fraction of sp³-hybridized carbons (Fsp3) is 0.273. The first-order chi connectivity index (χ1) is 6.11. The molecule has 0 heterocycles. The third-order valence-electron chi connectivity index (χ3n) is 1.91. The van der Waals surface area contributed by atoms with Gasteiger partial charge in [-0.2, -0.15) is 0 Å². The fourth-order valence-electron chi connectivity index (χ4n) is 0.948. The summed E-state index contributed by atoms with van der Waals surface area (Å²) in [5, 5.41) is 0. The summed E-state index contributed by atoms with van der Waals surface area (Å²) >= 11 is 0. The summed E-state index contributed by atoms with van der Waals surface area (Å²) < 4.78 is 0. The molecule has 68 valence electrons. The molecule has 0 unspecified atom stereocenters. The smallest absolute Gasteiger partial charge is 0.173 e. The van der Waals surface area contributed by atoms with E-state index in [1.807, 2.05) is 31.2 Å². The van der Waals surface area contributed by atoms with Crippen molar-refractivity contribution in [2.75, 3.05) is 0 Å². The highest BCUT2D eigenvalue weighted by Gasteiger charge is 1.99. The number of carbonyl (C=O) groups excluding carboxylic acids is 1. The van der Waals surface area contributed by atoms with Crippen LogP contribution in [0.15, 0.2) is 29.3 Å². The molecule has 0 atom stereocenters. The zero-order valence-electron chi connectivity index (χ0n) is 8.16.